The number of hydrogen-bond donors (Lipinski definition) is 4. The number of ether oxygens (including phenoxy) is 1. The van der Waals surface area contributed by atoms with Crippen molar-refractivity contribution in [1.82, 2.24) is 14.6 Å². The van der Waals surface area contributed by atoms with Crippen LogP contribution in [0.4, 0.5) is 4.39 Å². The monoisotopic (exact) mass is 395 g/mol. The molecule has 0 aromatic carbocycles. The lowest BCUT2D eigenvalue weighted by Gasteiger charge is -2.27. The quantitative estimate of drug-likeness (QED) is 0.316. The molecule has 1 unspecified atom stereocenters. The Morgan fingerprint density at radius 1 is 1.62 bits per heavy atom. The van der Waals surface area contributed by atoms with Crippen molar-refractivity contribution in [1.29, 1.82) is 0 Å². The minimum Gasteiger partial charge on any atom is -0.384 e. The van der Waals surface area contributed by atoms with Crippen molar-refractivity contribution in [2.75, 3.05) is 6.61 Å². The number of H-pyrrole nitrogens is 1. The van der Waals surface area contributed by atoms with Crippen LogP contribution >= 0.6 is 8.18 Å². The Hall–Kier alpha value is -1.69. The van der Waals surface area contributed by atoms with E-state index in [1.165, 1.54) is 6.92 Å². The molecule has 146 valence electrons. The van der Waals surface area contributed by atoms with E-state index < -0.39 is 55.9 Å². The molecule has 26 heavy (non-hydrogen) atoms. The summed E-state index contributed by atoms with van der Waals surface area (Å²) >= 11 is 0. The first-order valence-corrected chi connectivity index (χ1v) is 8.80. The molecule has 0 bridgehead atoms. The average molecular weight is 395 g/mol. The van der Waals surface area contributed by atoms with Crippen LogP contribution in [-0.4, -0.2) is 56.3 Å². The van der Waals surface area contributed by atoms with E-state index in [2.05, 4.69) is 5.09 Å². The fourth-order valence-electron chi connectivity index (χ4n) is 2.43. The number of aliphatic hydroxyl groups is 2. The minimum atomic E-state index is -3.04. The van der Waals surface area contributed by atoms with Gasteiger partial charge in [0.1, 0.15) is 24.6 Å². The first kappa shape index (κ1) is 20.6. The van der Waals surface area contributed by atoms with Crippen molar-refractivity contribution in [3.63, 3.8) is 0 Å². The van der Waals surface area contributed by atoms with Gasteiger partial charge in [0.15, 0.2) is 6.23 Å². The zero-order valence-electron chi connectivity index (χ0n) is 13.8. The summed E-state index contributed by atoms with van der Waals surface area (Å²) in [5, 5.41) is 22.8. The molecule has 1 aliphatic rings. The van der Waals surface area contributed by atoms with Crippen molar-refractivity contribution in [2.45, 2.75) is 43.7 Å². The highest BCUT2D eigenvalue weighted by molar-refractivity contribution is 7.36. The standard InChI is InChI=1S/C13H19FN3O8P/c1-7(5-18)16-26(23)24-6-13(14)9(20)12(2,22)10(25-13)17-4-3-8(19)15-11(17)21/h3-5,7,9-10,20,22,26H,6H2,1-2H3,(H,16,23)(H,15,19,21)/t7-,9-,10+,12+,13+/m0/s1. The van der Waals surface area contributed by atoms with E-state index in [1.54, 1.807) is 0 Å². The Morgan fingerprint density at radius 3 is 2.85 bits per heavy atom. The fourth-order valence-corrected chi connectivity index (χ4v) is 3.28. The highest BCUT2D eigenvalue weighted by Gasteiger charge is 2.63. The maximum absolute atomic E-state index is 15.0. The molecule has 1 aromatic heterocycles. The molecule has 6 atom stereocenters. The molecule has 0 radical (unpaired) electrons. The average Bonchev–Trinajstić information content (AvgIpc) is 2.74. The molecule has 13 heteroatoms. The van der Waals surface area contributed by atoms with Crippen LogP contribution in [0.25, 0.3) is 0 Å². The summed E-state index contributed by atoms with van der Waals surface area (Å²) in [7, 11) is -3.04. The molecule has 0 spiro atoms. The van der Waals surface area contributed by atoms with Gasteiger partial charge in [-0.1, -0.05) is 0 Å². The Balaban J connectivity index is 2.21. The van der Waals surface area contributed by atoms with Crippen molar-refractivity contribution in [2.24, 2.45) is 0 Å². The molecule has 1 aliphatic heterocycles. The van der Waals surface area contributed by atoms with Crippen LogP contribution in [-0.2, 0) is 18.6 Å². The van der Waals surface area contributed by atoms with Gasteiger partial charge in [0, 0.05) is 12.3 Å². The largest absolute Gasteiger partial charge is 0.384 e. The van der Waals surface area contributed by atoms with Gasteiger partial charge < -0.3 is 24.3 Å². The van der Waals surface area contributed by atoms with Gasteiger partial charge in [0.05, 0.1) is 6.04 Å². The van der Waals surface area contributed by atoms with E-state index in [9.17, 15) is 33.6 Å². The van der Waals surface area contributed by atoms with Crippen molar-refractivity contribution in [3.8, 4) is 0 Å². The summed E-state index contributed by atoms with van der Waals surface area (Å²) in [6, 6.07) is 0.146. The van der Waals surface area contributed by atoms with Gasteiger partial charge in [-0.25, -0.2) is 14.3 Å². The predicted molar refractivity (Wildman–Crippen MR) is 85.5 cm³/mol. The second kappa shape index (κ2) is 7.51. The maximum Gasteiger partial charge on any atom is 0.330 e. The number of hydrogen-bond acceptors (Lipinski definition) is 8. The number of rotatable bonds is 7. The summed E-state index contributed by atoms with van der Waals surface area (Å²) in [5.41, 5.74) is -3.98. The summed E-state index contributed by atoms with van der Waals surface area (Å²) in [6.45, 7) is 1.38. The highest BCUT2D eigenvalue weighted by atomic mass is 31.1. The molecule has 1 aromatic rings. The fraction of sp³-hybridized carbons (Fsp3) is 0.615. The first-order chi connectivity index (χ1) is 12.0. The number of aldehydes is 1. The lowest BCUT2D eigenvalue weighted by atomic mass is 9.95. The normalized spacial score (nSPS) is 33.7. The number of halogens is 1. The van der Waals surface area contributed by atoms with Crippen LogP contribution in [0.15, 0.2) is 21.9 Å². The van der Waals surface area contributed by atoms with Gasteiger partial charge in [-0.15, -0.1) is 0 Å². The van der Waals surface area contributed by atoms with Gasteiger partial charge in [0.2, 0.25) is 0 Å². The van der Waals surface area contributed by atoms with Gasteiger partial charge >= 0.3 is 5.69 Å². The second-order valence-corrected chi connectivity index (χ2v) is 7.20. The van der Waals surface area contributed by atoms with Crippen LogP contribution in [0.3, 0.4) is 0 Å². The van der Waals surface area contributed by atoms with Crippen molar-refractivity contribution < 1.29 is 33.2 Å². The van der Waals surface area contributed by atoms with E-state index in [-0.39, 0.29) is 0 Å². The molecule has 11 nitrogen and oxygen atoms in total. The summed E-state index contributed by atoms with van der Waals surface area (Å²) in [5.74, 6) is -3.00. The molecule has 4 N–H and O–H groups in total. The number of alkyl halides is 1. The van der Waals surface area contributed by atoms with Crippen LogP contribution in [0.1, 0.15) is 20.1 Å². The lowest BCUT2D eigenvalue weighted by Crippen LogP contribution is -2.50. The van der Waals surface area contributed by atoms with Crippen molar-refractivity contribution in [3.05, 3.63) is 33.1 Å². The summed E-state index contributed by atoms with van der Waals surface area (Å²) in [6.07, 6.45) is -2.44. The zero-order chi connectivity index (χ0) is 19.7. The molecule has 0 amide bonds. The number of carbonyl (C=O) groups is 1. The molecular formula is C13H19FN3O8P. The Morgan fingerprint density at radius 2 is 2.27 bits per heavy atom. The topological polar surface area (TPSA) is 160 Å². The molecule has 0 aliphatic carbocycles. The summed E-state index contributed by atoms with van der Waals surface area (Å²) < 4.78 is 37.1. The molecule has 1 saturated heterocycles. The third kappa shape index (κ3) is 4.00. The van der Waals surface area contributed by atoms with E-state index in [4.69, 9.17) is 9.26 Å². The second-order valence-electron chi connectivity index (χ2n) is 6.05. The van der Waals surface area contributed by atoms with Crippen molar-refractivity contribution >= 4 is 14.5 Å². The third-order valence-corrected chi connectivity index (χ3v) is 4.92. The predicted octanol–water partition coefficient (Wildman–Crippen LogP) is -1.57. The smallest absolute Gasteiger partial charge is 0.330 e. The summed E-state index contributed by atoms with van der Waals surface area (Å²) in [4.78, 5) is 35.4. The molecule has 0 saturated carbocycles. The van der Waals surface area contributed by atoms with Gasteiger partial charge in [-0.05, 0) is 13.8 Å². The van der Waals surface area contributed by atoms with Gasteiger partial charge in [-0.3, -0.25) is 18.9 Å². The number of carbonyl (C=O) groups excluding carboxylic acids is 1. The third-order valence-electron chi connectivity index (χ3n) is 3.82. The first-order valence-electron chi connectivity index (χ1n) is 7.48. The Kier molecular flexibility index (Phi) is 5.95. The van der Waals surface area contributed by atoms with E-state index in [0.29, 0.717) is 10.9 Å². The number of nitrogens with zero attached hydrogens (tertiary/aromatic N) is 1. The van der Waals surface area contributed by atoms with Crippen LogP contribution in [0.2, 0.25) is 0 Å². The lowest BCUT2D eigenvalue weighted by molar-refractivity contribution is -0.202. The number of aromatic amines is 1. The van der Waals surface area contributed by atoms with E-state index in [0.717, 1.165) is 19.2 Å². The SMILES string of the molecule is C[C@@H](C=O)N[PH](=O)OC[C@@]1(F)O[C@@H](n2ccc(=O)[nH]c2=O)[C@](C)(O)[C@@H]1O. The number of aliphatic hydroxyl groups excluding tert-OH is 1. The number of nitrogens with one attached hydrogen (secondary N) is 2. The number of aromatic nitrogens is 2. The maximum atomic E-state index is 15.0. The van der Waals surface area contributed by atoms with Crippen LogP contribution < -0.4 is 16.3 Å². The highest BCUT2D eigenvalue weighted by Crippen LogP contribution is 2.45. The molecule has 2 rings (SSSR count). The van der Waals surface area contributed by atoms with Crippen LogP contribution in [0.5, 0.6) is 0 Å². The van der Waals surface area contributed by atoms with Gasteiger partial charge in [-0.2, -0.15) is 0 Å². The molecule has 2 heterocycles. The van der Waals surface area contributed by atoms with Gasteiger partial charge in [0.25, 0.3) is 19.6 Å². The van der Waals surface area contributed by atoms with E-state index >= 15 is 0 Å². The van der Waals surface area contributed by atoms with E-state index in [1.807, 2.05) is 4.98 Å². The Bertz CT molecular complexity index is 811. The minimum absolute atomic E-state index is 0.460. The Labute approximate surface area is 146 Å². The molecular weight excluding hydrogens is 376 g/mol. The zero-order valence-corrected chi connectivity index (χ0v) is 14.8. The molecule has 1 fully saturated rings. The van der Waals surface area contributed by atoms with Crippen LogP contribution in [0, 0.1) is 0 Å².